The summed E-state index contributed by atoms with van der Waals surface area (Å²) in [6.07, 6.45) is 0.822. The number of nitrogens with one attached hydrogen (secondary N) is 3. The van der Waals surface area contributed by atoms with Crippen LogP contribution in [-0.4, -0.2) is 77.1 Å². The van der Waals surface area contributed by atoms with Crippen LogP contribution >= 0.6 is 0 Å². The van der Waals surface area contributed by atoms with Gasteiger partial charge in [0, 0.05) is 12.8 Å². The summed E-state index contributed by atoms with van der Waals surface area (Å²) in [5, 5.41) is 25.9. The van der Waals surface area contributed by atoms with Crippen molar-refractivity contribution in [2.75, 3.05) is 13.2 Å². The Kier molecular flexibility index (Phi) is 13.7. The van der Waals surface area contributed by atoms with Gasteiger partial charge in [-0.25, -0.2) is 4.79 Å². The molecule has 0 fully saturated rings. The van der Waals surface area contributed by atoms with Crippen molar-refractivity contribution in [1.29, 1.82) is 0 Å². The highest BCUT2D eigenvalue weighted by molar-refractivity contribution is 5.94. The number of carbonyl (C=O) groups excluding carboxylic acids is 4. The minimum absolute atomic E-state index is 0.0280. The SMILES string of the molecule is NCCCCC(NC(=O)C(N)CO)C(=O)NC(Cc1ccccc1)C(=O)NC(CCC(N)=O)C(=O)O. The second-order valence-corrected chi connectivity index (χ2v) is 8.29. The number of benzene rings is 1. The van der Waals surface area contributed by atoms with Crippen molar-refractivity contribution >= 4 is 29.6 Å². The van der Waals surface area contributed by atoms with Crippen LogP contribution in [0.25, 0.3) is 0 Å². The van der Waals surface area contributed by atoms with Crippen molar-refractivity contribution in [2.45, 2.75) is 62.7 Å². The monoisotopic (exact) mass is 508 g/mol. The summed E-state index contributed by atoms with van der Waals surface area (Å²) in [6.45, 7) is -0.247. The van der Waals surface area contributed by atoms with E-state index in [1.807, 2.05) is 0 Å². The summed E-state index contributed by atoms with van der Waals surface area (Å²) in [5.41, 5.74) is 16.8. The molecule has 0 saturated heterocycles. The maximum atomic E-state index is 13.1. The fraction of sp³-hybridized carbons (Fsp3) is 0.522. The minimum Gasteiger partial charge on any atom is -0.480 e. The van der Waals surface area contributed by atoms with Gasteiger partial charge >= 0.3 is 5.97 Å². The van der Waals surface area contributed by atoms with E-state index < -0.39 is 60.4 Å². The fourth-order valence-corrected chi connectivity index (χ4v) is 3.27. The van der Waals surface area contributed by atoms with Crippen molar-refractivity contribution in [3.8, 4) is 0 Å². The smallest absolute Gasteiger partial charge is 0.326 e. The fourth-order valence-electron chi connectivity index (χ4n) is 3.27. The Bertz CT molecular complexity index is 883. The number of unbranched alkanes of at least 4 members (excludes halogenated alkanes) is 1. The molecule has 0 aliphatic carbocycles. The van der Waals surface area contributed by atoms with E-state index in [0.717, 1.165) is 0 Å². The molecule has 0 bridgehead atoms. The number of carboxylic acids is 1. The molecule has 0 saturated carbocycles. The van der Waals surface area contributed by atoms with Gasteiger partial charge in [-0.3, -0.25) is 19.2 Å². The van der Waals surface area contributed by atoms with Gasteiger partial charge in [-0.05, 0) is 37.8 Å². The molecule has 0 heterocycles. The van der Waals surface area contributed by atoms with Crippen LogP contribution in [-0.2, 0) is 30.4 Å². The molecule has 1 aromatic carbocycles. The molecule has 0 aliphatic heterocycles. The Morgan fingerprint density at radius 2 is 1.42 bits per heavy atom. The third-order valence-electron chi connectivity index (χ3n) is 5.32. The van der Waals surface area contributed by atoms with Gasteiger partial charge in [-0.1, -0.05) is 30.3 Å². The van der Waals surface area contributed by atoms with Crippen LogP contribution in [0.5, 0.6) is 0 Å². The number of hydrogen-bond donors (Lipinski definition) is 8. The van der Waals surface area contributed by atoms with Gasteiger partial charge in [0.25, 0.3) is 0 Å². The molecule has 0 aromatic heterocycles. The van der Waals surface area contributed by atoms with Gasteiger partial charge in [-0.2, -0.15) is 0 Å². The Hall–Kier alpha value is -3.55. The Morgan fingerprint density at radius 3 is 1.97 bits per heavy atom. The highest BCUT2D eigenvalue weighted by atomic mass is 16.4. The summed E-state index contributed by atoms with van der Waals surface area (Å²) in [5.74, 6) is -4.30. The number of nitrogens with two attached hydrogens (primary N) is 3. The zero-order valence-electron chi connectivity index (χ0n) is 20.0. The van der Waals surface area contributed by atoms with E-state index in [1.165, 1.54) is 0 Å². The summed E-state index contributed by atoms with van der Waals surface area (Å²) in [6, 6.07) is 3.81. The Labute approximate surface area is 209 Å². The van der Waals surface area contributed by atoms with Crippen LogP contribution in [0.2, 0.25) is 0 Å². The largest absolute Gasteiger partial charge is 0.480 e. The van der Waals surface area contributed by atoms with E-state index in [0.29, 0.717) is 24.9 Å². The number of rotatable bonds is 17. The second-order valence-electron chi connectivity index (χ2n) is 8.29. The summed E-state index contributed by atoms with van der Waals surface area (Å²) in [4.78, 5) is 61.0. The van der Waals surface area contributed by atoms with Crippen molar-refractivity contribution < 1.29 is 34.2 Å². The average molecular weight is 509 g/mol. The predicted octanol–water partition coefficient (Wildman–Crippen LogP) is -2.52. The molecule has 13 heteroatoms. The van der Waals surface area contributed by atoms with E-state index in [-0.39, 0.29) is 25.7 Å². The first-order valence-corrected chi connectivity index (χ1v) is 11.6. The topological polar surface area (TPSA) is 240 Å². The number of primary amides is 1. The Morgan fingerprint density at radius 1 is 0.833 bits per heavy atom. The van der Waals surface area contributed by atoms with Crippen LogP contribution in [0.15, 0.2) is 30.3 Å². The molecule has 0 spiro atoms. The standard InChI is InChI=1S/C23H36N6O7/c24-11-5-4-8-16(27-20(32)15(25)13-30)21(33)29-18(12-14-6-2-1-3-7-14)22(34)28-17(23(35)36)9-10-19(26)31/h1-3,6-7,15-18,30H,4-5,8-13,24-25H2,(H2,26,31)(H,27,32)(H,28,34)(H,29,33)(H,35,36). The summed E-state index contributed by atoms with van der Waals surface area (Å²) < 4.78 is 0. The molecule has 1 rings (SSSR count). The number of carboxylic acid groups (broad SMARTS) is 1. The van der Waals surface area contributed by atoms with Gasteiger partial charge in [0.2, 0.25) is 23.6 Å². The Balaban J connectivity index is 3.09. The van der Waals surface area contributed by atoms with Crippen LogP contribution in [0.4, 0.5) is 0 Å². The van der Waals surface area contributed by atoms with Crippen molar-refractivity contribution in [2.24, 2.45) is 17.2 Å². The molecular weight excluding hydrogens is 472 g/mol. The molecule has 0 radical (unpaired) electrons. The number of carbonyl (C=O) groups is 5. The lowest BCUT2D eigenvalue weighted by molar-refractivity contribution is -0.142. The summed E-state index contributed by atoms with van der Waals surface area (Å²) in [7, 11) is 0. The van der Waals surface area contributed by atoms with Crippen LogP contribution in [0.3, 0.4) is 0 Å². The number of aliphatic hydroxyl groups is 1. The first-order chi connectivity index (χ1) is 17.1. The number of amides is 4. The molecule has 200 valence electrons. The molecule has 0 aliphatic rings. The molecule has 11 N–H and O–H groups in total. The second kappa shape index (κ2) is 16.2. The first kappa shape index (κ1) is 30.5. The molecule has 36 heavy (non-hydrogen) atoms. The van der Waals surface area contributed by atoms with Gasteiger partial charge in [-0.15, -0.1) is 0 Å². The number of aliphatic carboxylic acids is 1. The third kappa shape index (κ3) is 11.3. The maximum Gasteiger partial charge on any atom is 0.326 e. The quantitative estimate of drug-likeness (QED) is 0.103. The van der Waals surface area contributed by atoms with Crippen molar-refractivity contribution in [3.05, 3.63) is 35.9 Å². The van der Waals surface area contributed by atoms with E-state index in [4.69, 9.17) is 22.3 Å². The van der Waals surface area contributed by atoms with Crippen LogP contribution in [0, 0.1) is 0 Å². The molecule has 13 nitrogen and oxygen atoms in total. The van der Waals surface area contributed by atoms with Crippen LogP contribution < -0.4 is 33.2 Å². The van der Waals surface area contributed by atoms with Gasteiger partial charge in [0.05, 0.1) is 6.61 Å². The maximum absolute atomic E-state index is 13.1. The average Bonchev–Trinajstić information content (AvgIpc) is 2.85. The molecule has 4 unspecified atom stereocenters. The molecular formula is C23H36N6O7. The van der Waals surface area contributed by atoms with Gasteiger partial charge < -0.3 is 43.4 Å². The van der Waals surface area contributed by atoms with Crippen LogP contribution in [0.1, 0.15) is 37.7 Å². The number of hydrogen-bond acceptors (Lipinski definition) is 8. The highest BCUT2D eigenvalue weighted by Gasteiger charge is 2.30. The number of aliphatic hydroxyl groups excluding tert-OH is 1. The van der Waals surface area contributed by atoms with Crippen molar-refractivity contribution in [1.82, 2.24) is 16.0 Å². The van der Waals surface area contributed by atoms with E-state index >= 15 is 0 Å². The first-order valence-electron chi connectivity index (χ1n) is 11.6. The van der Waals surface area contributed by atoms with Gasteiger partial charge in [0.1, 0.15) is 24.2 Å². The molecule has 1 aromatic rings. The summed E-state index contributed by atoms with van der Waals surface area (Å²) >= 11 is 0. The third-order valence-corrected chi connectivity index (χ3v) is 5.32. The lowest BCUT2D eigenvalue weighted by Gasteiger charge is -2.25. The zero-order valence-corrected chi connectivity index (χ0v) is 20.0. The molecule has 4 atom stereocenters. The van der Waals surface area contributed by atoms with E-state index in [2.05, 4.69) is 16.0 Å². The minimum atomic E-state index is -1.40. The molecule has 4 amide bonds. The lowest BCUT2D eigenvalue weighted by atomic mass is 10.0. The van der Waals surface area contributed by atoms with E-state index in [1.54, 1.807) is 30.3 Å². The van der Waals surface area contributed by atoms with Crippen molar-refractivity contribution in [3.63, 3.8) is 0 Å². The predicted molar refractivity (Wildman–Crippen MR) is 130 cm³/mol. The highest BCUT2D eigenvalue weighted by Crippen LogP contribution is 2.08. The zero-order chi connectivity index (χ0) is 27.1. The normalized spacial score (nSPS) is 14.1. The van der Waals surface area contributed by atoms with E-state index in [9.17, 15) is 29.1 Å². The van der Waals surface area contributed by atoms with Gasteiger partial charge in [0.15, 0.2) is 0 Å². The lowest BCUT2D eigenvalue weighted by Crippen LogP contribution is -2.58.